The maximum Gasteiger partial charge on any atom is -0.00994 e. The van der Waals surface area contributed by atoms with Gasteiger partial charge in [-0.25, -0.2) is 0 Å². The first-order valence-electron chi connectivity index (χ1n) is 7.55. The zero-order valence-electron chi connectivity index (χ0n) is 12.2. The van der Waals surface area contributed by atoms with Crippen molar-refractivity contribution < 1.29 is 0 Å². The quantitative estimate of drug-likeness (QED) is 0.304. The van der Waals surface area contributed by atoms with Crippen LogP contribution in [0.4, 0.5) is 0 Å². The zero-order chi connectivity index (χ0) is 14.8. The maximum atomic E-state index is 2.27. The minimum Gasteiger partial charge on any atom is -0.0622 e. The van der Waals surface area contributed by atoms with Crippen molar-refractivity contribution in [2.24, 2.45) is 0 Å². The van der Waals surface area contributed by atoms with E-state index in [1.807, 2.05) is 6.07 Å². The molecule has 0 N–H and O–H groups in total. The molecule has 4 aromatic rings. The largest absolute Gasteiger partial charge is 0.0622 e. The molecule has 0 saturated carbocycles. The Morgan fingerprint density at radius 2 is 1.14 bits per heavy atom. The Morgan fingerprint density at radius 3 is 1.95 bits per heavy atom. The highest BCUT2D eigenvalue weighted by Crippen LogP contribution is 2.29. The fourth-order valence-corrected chi connectivity index (χ4v) is 2.97. The van der Waals surface area contributed by atoms with Crippen LogP contribution in [0.3, 0.4) is 0 Å². The van der Waals surface area contributed by atoms with E-state index in [0.29, 0.717) is 0 Å². The summed E-state index contributed by atoms with van der Waals surface area (Å²) in [5, 5.41) is 5.21. The molecule has 104 valence electrons. The molecular weight excluding hydrogens is 264 g/mol. The van der Waals surface area contributed by atoms with Gasteiger partial charge in [0.1, 0.15) is 0 Å². The molecule has 0 unspecified atom stereocenters. The van der Waals surface area contributed by atoms with E-state index in [4.69, 9.17) is 0 Å². The lowest BCUT2D eigenvalue weighted by Crippen LogP contribution is -1.82. The van der Waals surface area contributed by atoms with Gasteiger partial charge in [0.25, 0.3) is 0 Å². The van der Waals surface area contributed by atoms with Crippen molar-refractivity contribution in [3.63, 3.8) is 0 Å². The second-order valence-corrected chi connectivity index (χ2v) is 5.48. The third-order valence-electron chi connectivity index (χ3n) is 4.05. The SMILES string of the molecule is C(=C\c1cc2ccccc2c2ccccc12)/c1ccccc1. The summed E-state index contributed by atoms with van der Waals surface area (Å²) in [5.41, 5.74) is 2.48. The van der Waals surface area contributed by atoms with Gasteiger partial charge in [-0.15, -0.1) is 0 Å². The molecule has 0 radical (unpaired) electrons. The van der Waals surface area contributed by atoms with Crippen LogP contribution >= 0.6 is 0 Å². The molecule has 0 amide bonds. The molecular formula is C22H16. The Labute approximate surface area is 130 Å². The summed E-state index contributed by atoms with van der Waals surface area (Å²) in [6.07, 6.45) is 4.39. The molecule has 4 aromatic carbocycles. The molecule has 0 heterocycles. The Morgan fingerprint density at radius 1 is 0.500 bits per heavy atom. The standard InChI is InChI=1S/C22H16/c1-2-8-17(9-3-1)14-15-19-16-18-10-4-5-11-20(18)22-13-7-6-12-21(19)22/h1-16H/b15-14+. The van der Waals surface area contributed by atoms with E-state index in [0.717, 1.165) is 0 Å². The molecule has 0 heteroatoms. The predicted molar refractivity (Wildman–Crippen MR) is 96.8 cm³/mol. The van der Waals surface area contributed by atoms with Gasteiger partial charge in [-0.3, -0.25) is 0 Å². The molecule has 0 aliphatic rings. The Kier molecular flexibility index (Phi) is 3.21. The van der Waals surface area contributed by atoms with Crippen molar-refractivity contribution in [1.29, 1.82) is 0 Å². The summed E-state index contributed by atoms with van der Waals surface area (Å²) in [6, 6.07) is 29.9. The summed E-state index contributed by atoms with van der Waals surface area (Å²) in [4.78, 5) is 0. The molecule has 0 aromatic heterocycles. The maximum absolute atomic E-state index is 2.27. The highest BCUT2D eigenvalue weighted by molar-refractivity contribution is 6.11. The Hall–Kier alpha value is -2.86. The number of rotatable bonds is 2. The topological polar surface area (TPSA) is 0 Å². The van der Waals surface area contributed by atoms with Crippen molar-refractivity contribution in [1.82, 2.24) is 0 Å². The first-order chi connectivity index (χ1) is 10.9. The van der Waals surface area contributed by atoms with Crippen molar-refractivity contribution >= 4 is 33.7 Å². The van der Waals surface area contributed by atoms with E-state index in [-0.39, 0.29) is 0 Å². The highest BCUT2D eigenvalue weighted by atomic mass is 14.1. The van der Waals surface area contributed by atoms with Gasteiger partial charge in [-0.1, -0.05) is 91.0 Å². The van der Waals surface area contributed by atoms with Crippen molar-refractivity contribution in [3.05, 3.63) is 96.1 Å². The molecule has 0 aliphatic carbocycles. The molecule has 4 rings (SSSR count). The van der Waals surface area contributed by atoms with Gasteiger partial charge in [-0.2, -0.15) is 0 Å². The van der Waals surface area contributed by atoms with Crippen molar-refractivity contribution in [3.8, 4) is 0 Å². The van der Waals surface area contributed by atoms with Crippen LogP contribution in [0, 0.1) is 0 Å². The molecule has 0 saturated heterocycles. The molecule has 0 fully saturated rings. The van der Waals surface area contributed by atoms with Crippen LogP contribution in [0.2, 0.25) is 0 Å². The van der Waals surface area contributed by atoms with Crippen LogP contribution in [0.1, 0.15) is 11.1 Å². The van der Waals surface area contributed by atoms with Crippen molar-refractivity contribution in [2.45, 2.75) is 0 Å². The van der Waals surface area contributed by atoms with Crippen molar-refractivity contribution in [2.75, 3.05) is 0 Å². The average molecular weight is 280 g/mol. The minimum atomic E-state index is 1.22. The molecule has 0 nitrogen and oxygen atoms in total. The van der Waals surface area contributed by atoms with Gasteiger partial charge >= 0.3 is 0 Å². The van der Waals surface area contributed by atoms with Gasteiger partial charge in [0.2, 0.25) is 0 Å². The van der Waals surface area contributed by atoms with Gasteiger partial charge < -0.3 is 0 Å². The summed E-state index contributed by atoms with van der Waals surface area (Å²) in [6.45, 7) is 0. The van der Waals surface area contributed by atoms with Gasteiger partial charge in [0.15, 0.2) is 0 Å². The number of fused-ring (bicyclic) bond motifs is 3. The highest BCUT2D eigenvalue weighted by Gasteiger charge is 2.03. The summed E-state index contributed by atoms with van der Waals surface area (Å²) >= 11 is 0. The second-order valence-electron chi connectivity index (χ2n) is 5.48. The lowest BCUT2D eigenvalue weighted by atomic mass is 9.97. The van der Waals surface area contributed by atoms with Crippen LogP contribution in [0.5, 0.6) is 0 Å². The number of hydrogen-bond acceptors (Lipinski definition) is 0. The fraction of sp³-hybridized carbons (Fsp3) is 0. The third kappa shape index (κ3) is 2.29. The van der Waals surface area contributed by atoms with Gasteiger partial charge in [-0.05, 0) is 38.7 Å². The fourth-order valence-electron chi connectivity index (χ4n) is 2.97. The van der Waals surface area contributed by atoms with Crippen LogP contribution < -0.4 is 0 Å². The molecule has 0 spiro atoms. The smallest absolute Gasteiger partial charge is 0.00994 e. The third-order valence-corrected chi connectivity index (χ3v) is 4.05. The molecule has 22 heavy (non-hydrogen) atoms. The van der Waals surface area contributed by atoms with E-state index < -0.39 is 0 Å². The summed E-state index contributed by atoms with van der Waals surface area (Å²) in [5.74, 6) is 0. The number of hydrogen-bond donors (Lipinski definition) is 0. The van der Waals surface area contributed by atoms with E-state index in [1.165, 1.54) is 32.7 Å². The zero-order valence-corrected chi connectivity index (χ0v) is 12.2. The van der Waals surface area contributed by atoms with Gasteiger partial charge in [0, 0.05) is 0 Å². The molecule has 0 atom stereocenters. The molecule has 0 aliphatic heterocycles. The lowest BCUT2D eigenvalue weighted by Gasteiger charge is -2.07. The normalized spacial score (nSPS) is 11.5. The first kappa shape index (κ1) is 12.8. The minimum absolute atomic E-state index is 1.22. The lowest BCUT2D eigenvalue weighted by molar-refractivity contribution is 1.66. The van der Waals surface area contributed by atoms with Crippen LogP contribution in [-0.4, -0.2) is 0 Å². The van der Waals surface area contributed by atoms with E-state index in [1.54, 1.807) is 0 Å². The summed E-state index contributed by atoms with van der Waals surface area (Å²) in [7, 11) is 0. The average Bonchev–Trinajstić information content (AvgIpc) is 2.60. The molecule has 0 bridgehead atoms. The predicted octanol–water partition coefficient (Wildman–Crippen LogP) is 6.16. The van der Waals surface area contributed by atoms with E-state index >= 15 is 0 Å². The van der Waals surface area contributed by atoms with Crippen LogP contribution in [0.25, 0.3) is 33.7 Å². The van der Waals surface area contributed by atoms with E-state index in [9.17, 15) is 0 Å². The Bertz CT molecular complexity index is 963. The van der Waals surface area contributed by atoms with Crippen LogP contribution in [-0.2, 0) is 0 Å². The number of benzene rings is 4. The first-order valence-corrected chi connectivity index (χ1v) is 7.55. The van der Waals surface area contributed by atoms with Crippen LogP contribution in [0.15, 0.2) is 84.9 Å². The van der Waals surface area contributed by atoms with E-state index in [2.05, 4.69) is 91.0 Å². The monoisotopic (exact) mass is 280 g/mol. The Balaban J connectivity index is 1.94. The summed E-state index contributed by atoms with van der Waals surface area (Å²) < 4.78 is 0. The second kappa shape index (κ2) is 5.50. The van der Waals surface area contributed by atoms with Gasteiger partial charge in [0.05, 0.1) is 0 Å².